The van der Waals surface area contributed by atoms with Crippen molar-refractivity contribution in [3.63, 3.8) is 0 Å². The molecule has 1 rings (SSSR count). The van der Waals surface area contributed by atoms with Crippen LogP contribution in [0.5, 0.6) is 5.75 Å². The lowest BCUT2D eigenvalue weighted by atomic mass is 10.3. The Kier molecular flexibility index (Phi) is 2.99. The third-order valence-corrected chi connectivity index (χ3v) is 4.14. The van der Waals surface area contributed by atoms with Crippen molar-refractivity contribution >= 4 is 29.7 Å². The largest absolute Gasteiger partial charge is 0.444 e. The van der Waals surface area contributed by atoms with Gasteiger partial charge in [-0.15, -0.1) is 0 Å². The highest BCUT2D eigenvalue weighted by Crippen LogP contribution is 2.25. The van der Waals surface area contributed by atoms with Gasteiger partial charge < -0.3 is 15.7 Å². The molecule has 1 aromatic rings. The van der Waals surface area contributed by atoms with Gasteiger partial charge >= 0.3 is 18.3 Å². The molecule has 0 aliphatic heterocycles. The van der Waals surface area contributed by atoms with E-state index in [1.54, 1.807) is 0 Å². The van der Waals surface area contributed by atoms with Gasteiger partial charge in [0.1, 0.15) is 0 Å². The summed E-state index contributed by atoms with van der Waals surface area (Å²) in [4.78, 5) is 0. The maximum atomic E-state index is 10.9. The van der Waals surface area contributed by atoms with Crippen LogP contribution in [0.25, 0.3) is 0 Å². The van der Waals surface area contributed by atoms with Crippen molar-refractivity contribution in [2.24, 2.45) is 0 Å². The van der Waals surface area contributed by atoms with Crippen LogP contribution in [-0.2, 0) is 18.3 Å². The summed E-state index contributed by atoms with van der Waals surface area (Å²) in [6, 6.07) is 3.49. The summed E-state index contributed by atoms with van der Waals surface area (Å²) < 4.78 is 55.1. The summed E-state index contributed by atoms with van der Waals surface area (Å²) in [6.07, 6.45) is 0. The van der Waals surface area contributed by atoms with Crippen molar-refractivity contribution < 1.29 is 25.6 Å². The topological polar surface area (TPSA) is 150 Å². The van der Waals surface area contributed by atoms with Crippen LogP contribution in [-0.4, -0.2) is 21.4 Å². The maximum absolute atomic E-state index is 10.9. The summed E-state index contributed by atoms with van der Waals surface area (Å²) in [5.74, 6) is -0.438. The van der Waals surface area contributed by atoms with Crippen LogP contribution < -0.4 is 15.7 Å². The van der Waals surface area contributed by atoms with Gasteiger partial charge in [0.2, 0.25) is 0 Å². The lowest BCUT2D eigenvalue weighted by Gasteiger charge is -2.07. The molecule has 1 aromatic carbocycles. The fourth-order valence-corrected chi connectivity index (χ4v) is 1.73. The number of nitrogens with two attached hydrogens (primary N) is 2. The van der Waals surface area contributed by atoms with Crippen LogP contribution in [0.2, 0.25) is 0 Å². The minimum absolute atomic E-state index is 0.174. The molecule has 0 bridgehead atoms. The third kappa shape index (κ3) is 2.53. The Morgan fingerprint density at radius 2 is 1.69 bits per heavy atom. The highest BCUT2D eigenvalue weighted by atomic mass is 33.2. The quantitative estimate of drug-likeness (QED) is 0.372. The van der Waals surface area contributed by atoms with Crippen molar-refractivity contribution in [1.82, 2.24) is 0 Å². The van der Waals surface area contributed by atoms with Gasteiger partial charge in [-0.05, 0) is 18.2 Å². The van der Waals surface area contributed by atoms with E-state index in [-0.39, 0.29) is 11.4 Å². The van der Waals surface area contributed by atoms with E-state index < -0.39 is 24.0 Å². The van der Waals surface area contributed by atoms with E-state index >= 15 is 0 Å². The third-order valence-electron chi connectivity index (χ3n) is 1.48. The molecule has 0 radical (unpaired) electrons. The first-order chi connectivity index (χ1) is 7.13. The second-order valence-electron chi connectivity index (χ2n) is 2.72. The number of hydrogen-bond acceptors (Lipinski definition) is 7. The van der Waals surface area contributed by atoms with E-state index in [2.05, 4.69) is 4.18 Å². The first-order valence-electron chi connectivity index (χ1n) is 3.70. The minimum atomic E-state index is -5.36. The molecule has 90 valence electrons. The molecule has 0 aliphatic rings. The highest BCUT2D eigenvalue weighted by molar-refractivity contribution is 8.63. The van der Waals surface area contributed by atoms with Crippen molar-refractivity contribution in [2.45, 2.75) is 0 Å². The Labute approximate surface area is 91.1 Å². The van der Waals surface area contributed by atoms with Crippen LogP contribution in [0.1, 0.15) is 0 Å². The molecule has 10 heteroatoms. The Morgan fingerprint density at radius 1 is 1.12 bits per heavy atom. The van der Waals surface area contributed by atoms with Crippen LogP contribution >= 0.6 is 0 Å². The Bertz CT molecular complexity index is 606. The number of hydrogen-bond donors (Lipinski definition) is 3. The summed E-state index contributed by atoms with van der Waals surface area (Å²) in [5.41, 5.74) is 10.7. The zero-order valence-electron chi connectivity index (χ0n) is 7.69. The van der Waals surface area contributed by atoms with Gasteiger partial charge in [-0.1, -0.05) is 0 Å². The predicted octanol–water partition coefficient (Wildman–Crippen LogP) is -0.638. The van der Waals surface area contributed by atoms with Crippen LogP contribution in [0, 0.1) is 0 Å². The van der Waals surface area contributed by atoms with Gasteiger partial charge in [0, 0.05) is 5.69 Å². The van der Waals surface area contributed by atoms with Gasteiger partial charge in [0.25, 0.3) is 0 Å². The van der Waals surface area contributed by atoms with E-state index in [1.165, 1.54) is 12.1 Å². The lowest BCUT2D eigenvalue weighted by molar-refractivity contribution is 0.463. The van der Waals surface area contributed by atoms with Gasteiger partial charge in [0.15, 0.2) is 5.75 Å². The van der Waals surface area contributed by atoms with Crippen molar-refractivity contribution in [2.75, 3.05) is 11.5 Å². The maximum Gasteiger partial charge on any atom is 0.444 e. The standard InChI is InChI=1S/C6H8N2O6S2/c7-4-1-2-6(5(8)3-4)14-16(12,13)15(9,10)11/h1-3H,7-8H2,(H,9,10,11). The van der Waals surface area contributed by atoms with Gasteiger partial charge in [0.05, 0.1) is 5.69 Å². The predicted molar refractivity (Wildman–Crippen MR) is 56.4 cm³/mol. The Balaban J connectivity index is 3.17. The van der Waals surface area contributed by atoms with Gasteiger partial charge in [-0.3, -0.25) is 4.55 Å². The van der Waals surface area contributed by atoms with E-state index in [9.17, 15) is 16.8 Å². The molecular weight excluding hydrogens is 260 g/mol. The smallest absolute Gasteiger partial charge is 0.399 e. The lowest BCUT2D eigenvalue weighted by Crippen LogP contribution is -2.20. The summed E-state index contributed by atoms with van der Waals surface area (Å²) in [5, 5.41) is 0. The first kappa shape index (κ1) is 12.5. The average molecular weight is 268 g/mol. The minimum Gasteiger partial charge on any atom is -0.399 e. The van der Waals surface area contributed by atoms with Gasteiger partial charge in [-0.25, -0.2) is 0 Å². The zero-order chi connectivity index (χ0) is 12.6. The van der Waals surface area contributed by atoms with Crippen molar-refractivity contribution in [3.8, 4) is 5.75 Å². The molecule has 0 spiro atoms. The van der Waals surface area contributed by atoms with Crippen molar-refractivity contribution in [3.05, 3.63) is 18.2 Å². The SMILES string of the molecule is Nc1ccc(OS(=O)(=O)S(=O)(=O)O)c(N)c1. The molecule has 0 heterocycles. The highest BCUT2D eigenvalue weighted by Gasteiger charge is 2.30. The molecular formula is C6H8N2O6S2. The van der Waals surface area contributed by atoms with Crippen LogP contribution in [0.4, 0.5) is 11.4 Å². The zero-order valence-corrected chi connectivity index (χ0v) is 9.32. The molecule has 0 atom stereocenters. The molecule has 5 N–H and O–H groups in total. The van der Waals surface area contributed by atoms with E-state index in [0.29, 0.717) is 0 Å². The summed E-state index contributed by atoms with van der Waals surface area (Å²) >= 11 is 0. The molecule has 0 fully saturated rings. The molecule has 16 heavy (non-hydrogen) atoms. The molecule has 0 unspecified atom stereocenters. The number of benzene rings is 1. The van der Waals surface area contributed by atoms with E-state index in [0.717, 1.165) is 6.07 Å². The van der Waals surface area contributed by atoms with Crippen LogP contribution in [0.3, 0.4) is 0 Å². The average Bonchev–Trinajstić information content (AvgIpc) is 2.08. The Hall–Kier alpha value is -1.52. The monoisotopic (exact) mass is 268 g/mol. The molecule has 0 aromatic heterocycles. The normalized spacial score (nSPS) is 12.3. The van der Waals surface area contributed by atoms with Crippen LogP contribution in [0.15, 0.2) is 18.2 Å². The fraction of sp³-hybridized carbons (Fsp3) is 0. The molecule has 0 amide bonds. The Morgan fingerprint density at radius 3 is 2.12 bits per heavy atom. The second-order valence-corrected chi connectivity index (χ2v) is 7.04. The molecule has 0 aliphatic carbocycles. The number of nitrogen functional groups attached to an aromatic ring is 2. The summed E-state index contributed by atoms with van der Waals surface area (Å²) in [7, 11) is -10.5. The van der Waals surface area contributed by atoms with Crippen molar-refractivity contribution in [1.29, 1.82) is 0 Å². The van der Waals surface area contributed by atoms with E-state index in [1.807, 2.05) is 0 Å². The first-order valence-corrected chi connectivity index (χ1v) is 7.07. The summed E-state index contributed by atoms with van der Waals surface area (Å²) in [6.45, 7) is 0. The van der Waals surface area contributed by atoms with Gasteiger partial charge in [-0.2, -0.15) is 16.8 Å². The number of rotatable bonds is 3. The number of anilines is 2. The fourth-order valence-electron chi connectivity index (χ4n) is 0.796. The van der Waals surface area contributed by atoms with E-state index in [4.69, 9.17) is 16.0 Å². The molecule has 8 nitrogen and oxygen atoms in total. The molecule has 0 saturated heterocycles. The second kappa shape index (κ2) is 3.81. The molecule has 0 saturated carbocycles.